The van der Waals surface area contributed by atoms with Gasteiger partial charge in [-0.15, -0.1) is 0 Å². The summed E-state index contributed by atoms with van der Waals surface area (Å²) in [6.45, 7) is 6.73. The lowest BCUT2D eigenvalue weighted by atomic mass is 9.75. The van der Waals surface area contributed by atoms with Crippen LogP contribution in [0.4, 0.5) is 8.78 Å². The van der Waals surface area contributed by atoms with Crippen LogP contribution >= 0.6 is 0 Å². The summed E-state index contributed by atoms with van der Waals surface area (Å²) < 4.78 is 39.2. The third-order valence-electron chi connectivity index (χ3n) is 8.64. The Morgan fingerprint density at radius 3 is 2.46 bits per heavy atom. The molecule has 0 heterocycles. The molecule has 4 rings (SSSR count). The molecule has 3 N–H and O–H groups in total. The molecule has 3 aliphatic rings. The minimum Gasteiger partial charge on any atom is -0.493 e. The van der Waals surface area contributed by atoms with Crippen molar-refractivity contribution in [1.82, 2.24) is 10.6 Å². The molecular formula is C29H38F2N2O6. The number of aliphatic carboxylic acids is 1. The summed E-state index contributed by atoms with van der Waals surface area (Å²) in [5.41, 5.74) is -0.423. The molecular weight excluding hydrogens is 510 g/mol. The van der Waals surface area contributed by atoms with Gasteiger partial charge in [-0.3, -0.25) is 18.8 Å². The lowest BCUT2D eigenvalue weighted by molar-refractivity contribution is -0.150. The predicted octanol–water partition coefficient (Wildman–Crippen LogP) is 4.77. The average molecular weight is 549 g/mol. The number of carbonyl (C=O) groups excluding carboxylic acids is 2. The smallest absolute Gasteiger partial charge is 0.309 e. The zero-order chi connectivity index (χ0) is 28.3. The lowest BCUT2D eigenvalue weighted by Crippen LogP contribution is -2.49. The maximum atomic E-state index is 15.0. The lowest BCUT2D eigenvalue weighted by Gasteiger charge is -2.34. The molecule has 3 fully saturated rings. The second kappa shape index (κ2) is 11.9. The van der Waals surface area contributed by atoms with Crippen LogP contribution in [0.15, 0.2) is 24.4 Å². The molecule has 4 atom stereocenters. The van der Waals surface area contributed by atoms with Gasteiger partial charge in [0, 0.05) is 24.2 Å². The maximum absolute atomic E-state index is 15.0. The summed E-state index contributed by atoms with van der Waals surface area (Å²) in [5, 5.41) is 15.2. The number of hydrogen-bond acceptors (Lipinski definition) is 5. The van der Waals surface area contributed by atoms with Crippen LogP contribution in [-0.2, 0) is 9.59 Å². The number of nitrogens with one attached hydrogen (secondary N) is 2. The van der Waals surface area contributed by atoms with Crippen LogP contribution in [-0.4, -0.2) is 48.3 Å². The fraction of sp³-hybridized carbons (Fsp3) is 0.621. The van der Waals surface area contributed by atoms with Crippen molar-refractivity contribution in [1.29, 1.82) is 0 Å². The first-order chi connectivity index (χ1) is 18.6. The first kappa shape index (κ1) is 28.8. The first-order valence-corrected chi connectivity index (χ1v) is 13.8. The molecule has 1 aromatic rings. The molecule has 0 spiro atoms. The molecule has 8 nitrogen and oxygen atoms in total. The molecule has 1 aromatic carbocycles. The van der Waals surface area contributed by atoms with Gasteiger partial charge in [0.2, 0.25) is 5.91 Å². The van der Waals surface area contributed by atoms with Gasteiger partial charge in [0.05, 0.1) is 36.3 Å². The van der Waals surface area contributed by atoms with E-state index in [0.717, 1.165) is 25.3 Å². The molecule has 0 aromatic heterocycles. The predicted molar refractivity (Wildman–Crippen MR) is 140 cm³/mol. The highest BCUT2D eigenvalue weighted by Crippen LogP contribution is 2.49. The average Bonchev–Trinajstić information content (AvgIpc) is 3.49. The molecule has 0 unspecified atom stereocenters. The second-order valence-electron chi connectivity index (χ2n) is 11.3. The summed E-state index contributed by atoms with van der Waals surface area (Å²) in [5.74, 6) is -2.56. The van der Waals surface area contributed by atoms with Crippen LogP contribution in [0.25, 0.3) is 0 Å². The van der Waals surface area contributed by atoms with E-state index in [1.807, 2.05) is 0 Å². The van der Waals surface area contributed by atoms with E-state index in [-0.39, 0.29) is 53.9 Å². The number of hydrogen-bond donors (Lipinski definition) is 3. The van der Waals surface area contributed by atoms with Crippen LogP contribution in [0.3, 0.4) is 0 Å². The number of alkyl halides is 1. The number of allylic oxidation sites excluding steroid dienone is 1. The Bertz CT molecular complexity index is 1120. The van der Waals surface area contributed by atoms with E-state index in [1.54, 1.807) is 13.8 Å². The van der Waals surface area contributed by atoms with Crippen molar-refractivity contribution in [2.45, 2.75) is 77.4 Å². The van der Waals surface area contributed by atoms with Crippen molar-refractivity contribution in [2.75, 3.05) is 13.3 Å². The molecule has 3 aliphatic carbocycles. The Labute approximate surface area is 227 Å². The van der Waals surface area contributed by atoms with Crippen LogP contribution in [0, 0.1) is 29.0 Å². The van der Waals surface area contributed by atoms with E-state index in [2.05, 4.69) is 17.2 Å². The number of amides is 2. The van der Waals surface area contributed by atoms with Gasteiger partial charge in [-0.1, -0.05) is 6.58 Å². The van der Waals surface area contributed by atoms with Gasteiger partial charge in [-0.2, -0.15) is 0 Å². The van der Waals surface area contributed by atoms with E-state index in [1.165, 1.54) is 6.07 Å². The van der Waals surface area contributed by atoms with Crippen LogP contribution in [0.5, 0.6) is 11.5 Å². The number of halogens is 2. The molecule has 2 amide bonds. The number of ether oxygens (including phenoxy) is 2. The van der Waals surface area contributed by atoms with Crippen LogP contribution in [0.1, 0.15) is 75.6 Å². The summed E-state index contributed by atoms with van der Waals surface area (Å²) >= 11 is 0. The van der Waals surface area contributed by atoms with Crippen molar-refractivity contribution in [3.05, 3.63) is 35.8 Å². The third kappa shape index (κ3) is 6.20. The van der Waals surface area contributed by atoms with Crippen molar-refractivity contribution in [3.8, 4) is 11.5 Å². The van der Waals surface area contributed by atoms with Crippen LogP contribution < -0.4 is 20.1 Å². The van der Waals surface area contributed by atoms with E-state index in [0.29, 0.717) is 31.4 Å². The number of rotatable bonds is 11. The third-order valence-corrected chi connectivity index (χ3v) is 8.64. The quantitative estimate of drug-likeness (QED) is 0.367. The van der Waals surface area contributed by atoms with Crippen molar-refractivity contribution in [3.63, 3.8) is 0 Å². The zero-order valence-corrected chi connectivity index (χ0v) is 22.6. The standard InChI is InChI=1S/C29H38F2N2O6/c1-4-38-22-15-21(31)23(39-19-7-10-29(3,11-8-19)28(36)37)14-20(22)26(34)33-25-18-6-5-17(13-18)24(25)27(35)32-16(2)9-12-30/h14-15,17-19,24-25H,2,4-13H2,1,3H3,(H,32,35)(H,33,34)(H,36,37)/t17-,18+,19-,24+,25-,29+/m1/s1. The molecule has 0 aliphatic heterocycles. The number of carboxylic acids is 1. The molecule has 0 saturated heterocycles. The van der Waals surface area contributed by atoms with Crippen molar-refractivity contribution >= 4 is 17.8 Å². The Morgan fingerprint density at radius 2 is 1.82 bits per heavy atom. The Kier molecular flexibility index (Phi) is 8.81. The first-order valence-electron chi connectivity index (χ1n) is 13.8. The summed E-state index contributed by atoms with van der Waals surface area (Å²) in [6.07, 6.45) is 3.95. The Balaban J connectivity index is 1.51. The minimum atomic E-state index is -0.855. The van der Waals surface area contributed by atoms with Crippen molar-refractivity contribution in [2.24, 2.45) is 23.2 Å². The Morgan fingerprint density at radius 1 is 1.13 bits per heavy atom. The van der Waals surface area contributed by atoms with Gasteiger partial charge in [-0.05, 0) is 76.7 Å². The zero-order valence-electron chi connectivity index (χ0n) is 22.6. The van der Waals surface area contributed by atoms with Crippen molar-refractivity contribution < 1.29 is 37.7 Å². The fourth-order valence-corrected chi connectivity index (χ4v) is 6.36. The highest BCUT2D eigenvalue weighted by atomic mass is 19.1. The summed E-state index contributed by atoms with van der Waals surface area (Å²) in [4.78, 5) is 38.1. The molecule has 3 saturated carbocycles. The molecule has 214 valence electrons. The number of carbonyl (C=O) groups is 3. The highest BCUT2D eigenvalue weighted by Gasteiger charge is 2.51. The number of carboxylic acid groups (broad SMARTS) is 1. The summed E-state index contributed by atoms with van der Waals surface area (Å²) in [7, 11) is 0. The monoisotopic (exact) mass is 548 g/mol. The van der Waals surface area contributed by atoms with Gasteiger partial charge >= 0.3 is 5.97 Å². The van der Waals surface area contributed by atoms with Gasteiger partial charge < -0.3 is 25.2 Å². The normalized spacial score (nSPS) is 29.5. The topological polar surface area (TPSA) is 114 Å². The summed E-state index contributed by atoms with van der Waals surface area (Å²) in [6, 6.07) is 2.03. The highest BCUT2D eigenvalue weighted by molar-refractivity contribution is 5.98. The minimum absolute atomic E-state index is 0.0379. The molecule has 39 heavy (non-hydrogen) atoms. The molecule has 0 radical (unpaired) electrons. The largest absolute Gasteiger partial charge is 0.493 e. The van der Waals surface area contributed by atoms with E-state index < -0.39 is 41.7 Å². The van der Waals surface area contributed by atoms with E-state index >= 15 is 4.39 Å². The van der Waals surface area contributed by atoms with Gasteiger partial charge in [0.15, 0.2) is 11.6 Å². The SMILES string of the molecule is C=C(CCF)NC(=O)[C@H]1[C@@H]2CC[C@@H](C2)[C@H]1NC(=O)c1cc(O[C@H]2CC[C@@](C)(C(=O)O)CC2)c(F)cc1OCC. The van der Waals surface area contributed by atoms with Gasteiger partial charge in [-0.25, -0.2) is 4.39 Å². The molecule has 2 bridgehead atoms. The van der Waals surface area contributed by atoms with E-state index in [9.17, 15) is 23.9 Å². The fourth-order valence-electron chi connectivity index (χ4n) is 6.36. The van der Waals surface area contributed by atoms with Gasteiger partial charge in [0.25, 0.3) is 5.91 Å². The van der Waals surface area contributed by atoms with Gasteiger partial charge in [0.1, 0.15) is 5.75 Å². The van der Waals surface area contributed by atoms with E-state index in [4.69, 9.17) is 9.47 Å². The number of benzene rings is 1. The number of fused-ring (bicyclic) bond motifs is 2. The van der Waals surface area contributed by atoms with Crippen LogP contribution in [0.2, 0.25) is 0 Å². The second-order valence-corrected chi connectivity index (χ2v) is 11.3. The maximum Gasteiger partial charge on any atom is 0.309 e. The molecule has 10 heteroatoms. The Hall–Kier alpha value is -3.17.